The third-order valence-corrected chi connectivity index (χ3v) is 1.93. The van der Waals surface area contributed by atoms with Crippen LogP contribution in [0.2, 0.25) is 0 Å². The Hall–Kier alpha value is -2.05. The molecule has 5 N–H and O–H groups in total. The van der Waals surface area contributed by atoms with E-state index in [-0.39, 0.29) is 6.61 Å². The number of anilines is 2. The lowest BCUT2D eigenvalue weighted by molar-refractivity contribution is 0.161. The highest BCUT2D eigenvalue weighted by Crippen LogP contribution is 2.16. The van der Waals surface area contributed by atoms with Crippen molar-refractivity contribution in [1.29, 1.82) is 0 Å². The zero-order valence-electron chi connectivity index (χ0n) is 9.28. The van der Waals surface area contributed by atoms with E-state index in [1.165, 1.54) is 0 Å². The molecule has 1 amide bonds. The maximum atomic E-state index is 10.3. The standard InChI is InChI=1S/C9H15N5O2/c1-5-7(10)13-6(2)14-8(5)12-3-4-16-9(11)15/h3-4H2,1-2H3,(H2,11,15)(H3,10,12,13,14). The first kappa shape index (κ1) is 12.0. The number of carbonyl (C=O) groups excluding carboxylic acids is 1. The van der Waals surface area contributed by atoms with E-state index >= 15 is 0 Å². The lowest BCUT2D eigenvalue weighted by atomic mass is 10.3. The first-order valence-corrected chi connectivity index (χ1v) is 4.77. The molecule has 1 aromatic heterocycles. The van der Waals surface area contributed by atoms with Crippen LogP contribution < -0.4 is 16.8 Å². The second-order valence-corrected chi connectivity index (χ2v) is 3.22. The Morgan fingerprint density at radius 3 is 2.75 bits per heavy atom. The van der Waals surface area contributed by atoms with E-state index in [9.17, 15) is 4.79 Å². The molecule has 16 heavy (non-hydrogen) atoms. The number of nitrogen functional groups attached to an aromatic ring is 1. The quantitative estimate of drug-likeness (QED) is 0.629. The molecule has 7 heteroatoms. The van der Waals surface area contributed by atoms with Crippen molar-refractivity contribution in [2.75, 3.05) is 24.2 Å². The van der Waals surface area contributed by atoms with E-state index in [1.54, 1.807) is 6.92 Å². The Morgan fingerprint density at radius 1 is 1.44 bits per heavy atom. The van der Waals surface area contributed by atoms with Crippen molar-refractivity contribution in [2.45, 2.75) is 13.8 Å². The third-order valence-electron chi connectivity index (χ3n) is 1.93. The minimum absolute atomic E-state index is 0.178. The van der Waals surface area contributed by atoms with Crippen LogP contribution in [-0.4, -0.2) is 29.2 Å². The molecule has 0 aliphatic carbocycles. The molecule has 7 nitrogen and oxygen atoms in total. The Balaban J connectivity index is 2.57. The van der Waals surface area contributed by atoms with Crippen molar-refractivity contribution >= 4 is 17.7 Å². The number of aryl methyl sites for hydroxylation is 1. The first-order valence-electron chi connectivity index (χ1n) is 4.77. The highest BCUT2D eigenvalue weighted by molar-refractivity contribution is 5.64. The molecule has 0 fully saturated rings. The van der Waals surface area contributed by atoms with Crippen LogP contribution in [0.3, 0.4) is 0 Å². The lowest BCUT2D eigenvalue weighted by Crippen LogP contribution is -2.19. The number of hydrogen-bond acceptors (Lipinski definition) is 6. The molecular formula is C9H15N5O2. The van der Waals surface area contributed by atoms with Gasteiger partial charge in [0.05, 0.1) is 6.54 Å². The maximum Gasteiger partial charge on any atom is 0.404 e. The number of nitrogens with two attached hydrogens (primary N) is 2. The van der Waals surface area contributed by atoms with E-state index in [1.807, 2.05) is 6.92 Å². The summed E-state index contributed by atoms with van der Waals surface area (Å²) < 4.78 is 4.57. The van der Waals surface area contributed by atoms with Crippen molar-refractivity contribution in [3.63, 3.8) is 0 Å². The number of ether oxygens (including phenoxy) is 1. The fourth-order valence-corrected chi connectivity index (χ4v) is 1.14. The molecule has 0 unspecified atom stereocenters. The van der Waals surface area contributed by atoms with Crippen LogP contribution in [0.1, 0.15) is 11.4 Å². The predicted octanol–water partition coefficient (Wildman–Crippen LogP) is 0.183. The van der Waals surface area contributed by atoms with Gasteiger partial charge in [-0.3, -0.25) is 0 Å². The monoisotopic (exact) mass is 225 g/mol. The van der Waals surface area contributed by atoms with Gasteiger partial charge < -0.3 is 21.5 Å². The van der Waals surface area contributed by atoms with Crippen LogP contribution >= 0.6 is 0 Å². The number of rotatable bonds is 4. The van der Waals surface area contributed by atoms with Gasteiger partial charge in [-0.2, -0.15) is 0 Å². The fraction of sp³-hybridized carbons (Fsp3) is 0.444. The summed E-state index contributed by atoms with van der Waals surface area (Å²) in [6, 6.07) is 0. The van der Waals surface area contributed by atoms with E-state index in [2.05, 4.69) is 20.0 Å². The Bertz CT molecular complexity index is 394. The van der Waals surface area contributed by atoms with Crippen molar-refractivity contribution in [3.8, 4) is 0 Å². The topological polar surface area (TPSA) is 116 Å². The van der Waals surface area contributed by atoms with Crippen LogP contribution in [0, 0.1) is 13.8 Å². The van der Waals surface area contributed by atoms with Crippen molar-refractivity contribution in [1.82, 2.24) is 9.97 Å². The van der Waals surface area contributed by atoms with Gasteiger partial charge in [0.15, 0.2) is 0 Å². The van der Waals surface area contributed by atoms with E-state index in [0.29, 0.717) is 24.0 Å². The van der Waals surface area contributed by atoms with Gasteiger partial charge >= 0.3 is 6.09 Å². The summed E-state index contributed by atoms with van der Waals surface area (Å²) in [7, 11) is 0. The summed E-state index contributed by atoms with van der Waals surface area (Å²) in [6.45, 7) is 4.16. The molecular weight excluding hydrogens is 210 g/mol. The molecule has 0 bridgehead atoms. The zero-order chi connectivity index (χ0) is 12.1. The molecule has 0 radical (unpaired) electrons. The van der Waals surface area contributed by atoms with Gasteiger partial charge in [-0.15, -0.1) is 0 Å². The number of amides is 1. The van der Waals surface area contributed by atoms with Gasteiger partial charge in [0.1, 0.15) is 24.1 Å². The molecule has 1 heterocycles. The number of primary amides is 1. The number of nitrogens with zero attached hydrogens (tertiary/aromatic N) is 2. The number of hydrogen-bond donors (Lipinski definition) is 3. The zero-order valence-corrected chi connectivity index (χ0v) is 9.28. The number of nitrogens with one attached hydrogen (secondary N) is 1. The fourth-order valence-electron chi connectivity index (χ4n) is 1.14. The maximum absolute atomic E-state index is 10.3. The summed E-state index contributed by atoms with van der Waals surface area (Å²) in [5.74, 6) is 1.66. The summed E-state index contributed by atoms with van der Waals surface area (Å²) in [5, 5.41) is 2.99. The highest BCUT2D eigenvalue weighted by atomic mass is 16.5. The molecule has 0 spiro atoms. The molecule has 0 atom stereocenters. The van der Waals surface area contributed by atoms with Gasteiger partial charge in [0.25, 0.3) is 0 Å². The number of aromatic nitrogens is 2. The van der Waals surface area contributed by atoms with Gasteiger partial charge in [0.2, 0.25) is 0 Å². The van der Waals surface area contributed by atoms with E-state index in [0.717, 1.165) is 5.56 Å². The summed E-state index contributed by atoms with van der Waals surface area (Å²) >= 11 is 0. The summed E-state index contributed by atoms with van der Waals surface area (Å²) in [6.07, 6.45) is -0.795. The highest BCUT2D eigenvalue weighted by Gasteiger charge is 2.05. The molecule has 0 aliphatic heterocycles. The SMILES string of the molecule is Cc1nc(N)c(C)c(NCCOC(N)=O)n1. The molecule has 0 saturated carbocycles. The van der Waals surface area contributed by atoms with E-state index < -0.39 is 6.09 Å². The predicted molar refractivity (Wildman–Crippen MR) is 59.9 cm³/mol. The van der Waals surface area contributed by atoms with Crippen LogP contribution in [0.5, 0.6) is 0 Å². The Morgan fingerprint density at radius 2 is 2.12 bits per heavy atom. The van der Waals surface area contributed by atoms with Crippen LogP contribution in [0.15, 0.2) is 0 Å². The van der Waals surface area contributed by atoms with Gasteiger partial charge in [-0.1, -0.05) is 0 Å². The van der Waals surface area contributed by atoms with E-state index in [4.69, 9.17) is 11.5 Å². The molecule has 0 aromatic carbocycles. The second-order valence-electron chi connectivity index (χ2n) is 3.22. The first-order chi connectivity index (χ1) is 7.50. The van der Waals surface area contributed by atoms with Crippen LogP contribution in [0.25, 0.3) is 0 Å². The summed E-state index contributed by atoms with van der Waals surface area (Å²) in [5.41, 5.74) is 11.3. The van der Waals surface area contributed by atoms with Gasteiger partial charge in [-0.05, 0) is 13.8 Å². The molecule has 0 saturated heterocycles. The minimum Gasteiger partial charge on any atom is -0.448 e. The van der Waals surface area contributed by atoms with Gasteiger partial charge in [0, 0.05) is 5.56 Å². The van der Waals surface area contributed by atoms with Gasteiger partial charge in [-0.25, -0.2) is 14.8 Å². The lowest BCUT2D eigenvalue weighted by Gasteiger charge is -2.10. The van der Waals surface area contributed by atoms with Crippen molar-refractivity contribution in [2.24, 2.45) is 5.73 Å². The van der Waals surface area contributed by atoms with Crippen molar-refractivity contribution in [3.05, 3.63) is 11.4 Å². The summed E-state index contributed by atoms with van der Waals surface area (Å²) in [4.78, 5) is 18.5. The minimum atomic E-state index is -0.795. The normalized spacial score (nSPS) is 9.88. The molecule has 88 valence electrons. The number of carbonyl (C=O) groups is 1. The third kappa shape index (κ3) is 3.26. The average molecular weight is 225 g/mol. The largest absolute Gasteiger partial charge is 0.448 e. The Kier molecular flexibility index (Phi) is 3.87. The average Bonchev–Trinajstić information content (AvgIpc) is 2.19. The second kappa shape index (κ2) is 5.15. The van der Waals surface area contributed by atoms with Crippen LogP contribution in [0.4, 0.5) is 16.4 Å². The molecule has 1 aromatic rings. The van der Waals surface area contributed by atoms with Crippen molar-refractivity contribution < 1.29 is 9.53 Å². The molecule has 0 aliphatic rings. The molecule has 1 rings (SSSR count). The smallest absolute Gasteiger partial charge is 0.404 e. The Labute approximate surface area is 93.2 Å². The van der Waals surface area contributed by atoms with Crippen LogP contribution in [-0.2, 0) is 4.74 Å².